The molecule has 5 aliphatic heterocycles. The van der Waals surface area contributed by atoms with Gasteiger partial charge in [-0.05, 0) is 104 Å². The summed E-state index contributed by atoms with van der Waals surface area (Å²) in [4.78, 5) is 47.0. The van der Waals surface area contributed by atoms with E-state index in [1.54, 1.807) is 42.2 Å². The largest absolute Gasteiger partial charge is 0.483 e. The number of carbonyl (C=O) groups excluding carboxylic acids is 3. The van der Waals surface area contributed by atoms with Gasteiger partial charge in [-0.1, -0.05) is 36.4 Å². The van der Waals surface area contributed by atoms with Crippen LogP contribution >= 0.6 is 12.4 Å². The number of amides is 3. The van der Waals surface area contributed by atoms with Crippen LogP contribution in [0.15, 0.2) is 83.0 Å². The predicted octanol–water partition coefficient (Wildman–Crippen LogP) is 8.29. The third-order valence-electron chi connectivity index (χ3n) is 13.9. The Morgan fingerprint density at radius 1 is 0.721 bits per heavy atom. The first-order valence-electron chi connectivity index (χ1n) is 22.7. The van der Waals surface area contributed by atoms with Gasteiger partial charge in [0, 0.05) is 66.4 Å². The van der Waals surface area contributed by atoms with Crippen molar-refractivity contribution in [2.45, 2.75) is 96.5 Å². The summed E-state index contributed by atoms with van der Waals surface area (Å²) in [6.45, 7) is 14.8. The molecule has 1 saturated carbocycles. The average Bonchev–Trinajstić information content (AvgIpc) is 3.27. The molecule has 10 rings (SSSR count). The Balaban J connectivity index is 0.000000185. The van der Waals surface area contributed by atoms with Crippen LogP contribution in [0.5, 0.6) is 11.5 Å². The van der Waals surface area contributed by atoms with E-state index in [1.807, 2.05) is 74.9 Å². The Hall–Kier alpha value is -6.62. The van der Waals surface area contributed by atoms with Gasteiger partial charge in [-0.3, -0.25) is 9.59 Å². The molecule has 1 saturated heterocycles. The number of anilines is 4. The SMILES string of the molecule is C[C@@H]1C(=O)NN=C2COc3cc(-c4ccccc4F)c(N(C)C4(C)CCC4)cc3N21.C[C@@H]1C(=O)NN=C2COc3cc(-c4ccccc4F)c(N(C)C4(C)CN(C(=O)OC(C)(C)C)C4)cc3N21.Cl. The van der Waals surface area contributed by atoms with E-state index in [0.717, 1.165) is 35.5 Å². The monoisotopic (exact) mass is 953 g/mol. The molecule has 2 atom stereocenters. The van der Waals surface area contributed by atoms with Crippen LogP contribution in [0.25, 0.3) is 22.3 Å². The number of carbonyl (C=O) groups is 3. The molecule has 68 heavy (non-hydrogen) atoms. The number of rotatable bonds is 6. The molecule has 4 aromatic rings. The lowest BCUT2D eigenvalue weighted by molar-refractivity contribution is -0.123. The van der Waals surface area contributed by atoms with Gasteiger partial charge >= 0.3 is 6.09 Å². The lowest BCUT2D eigenvalue weighted by atomic mass is 9.76. The Morgan fingerprint density at radius 3 is 1.54 bits per heavy atom. The minimum absolute atomic E-state index is 0. The zero-order chi connectivity index (χ0) is 47.7. The summed E-state index contributed by atoms with van der Waals surface area (Å²) in [5.41, 5.74) is 9.66. The standard InChI is InChI=1S/C27H32FN5O4.C23H25FN4O2.ClH/c1-16-24(34)30-29-23-13-36-22-11-18(17-9-7-8-10-19(17)28)20(12-21(22)33(16)23)31(6)27(5)14-32(15-27)25(35)37-26(2,3)4;1-14-22(29)26-25-21-13-30-20-11-16(15-7-4-5-8-17(15)24)18(12-19(20)28(14)21)27(3)23(2)9-6-10-23;/h7-12,16H,13-15H2,1-6H3,(H,30,34);4-5,7-8,11-12,14H,6,9-10,13H2,1-3H3,(H,26,29);1H/t16-;14-;/m11./s1. The van der Waals surface area contributed by atoms with E-state index in [4.69, 9.17) is 14.2 Å². The molecule has 1 aliphatic carbocycles. The number of hydrogen-bond acceptors (Lipinski definition) is 12. The number of likely N-dealkylation sites (N-methyl/N-ethyl adjacent to an activating group) is 1. The highest BCUT2D eigenvalue weighted by atomic mass is 35.5. The molecule has 18 heteroatoms. The second-order valence-electron chi connectivity index (χ2n) is 19.6. The van der Waals surface area contributed by atoms with E-state index in [0.29, 0.717) is 58.6 Å². The summed E-state index contributed by atoms with van der Waals surface area (Å²) < 4.78 is 47.3. The Bertz CT molecular complexity index is 2740. The molecule has 0 bridgehead atoms. The van der Waals surface area contributed by atoms with E-state index in [9.17, 15) is 18.8 Å². The van der Waals surface area contributed by atoms with Crippen LogP contribution in [0.3, 0.4) is 0 Å². The van der Waals surface area contributed by atoms with E-state index in [1.165, 1.54) is 18.6 Å². The molecule has 6 aliphatic rings. The fourth-order valence-corrected chi connectivity index (χ4v) is 9.52. The van der Waals surface area contributed by atoms with Crippen LogP contribution in [-0.4, -0.2) is 104 Å². The minimum atomic E-state index is -0.581. The fourth-order valence-electron chi connectivity index (χ4n) is 9.52. The van der Waals surface area contributed by atoms with Crippen molar-refractivity contribution in [3.63, 3.8) is 0 Å². The number of likely N-dealkylation sites (tertiary alicyclic amines) is 1. The van der Waals surface area contributed by atoms with Crippen LogP contribution in [0.4, 0.5) is 36.3 Å². The minimum Gasteiger partial charge on any atom is -0.483 e. The summed E-state index contributed by atoms with van der Waals surface area (Å²) in [7, 11) is 4.00. The highest BCUT2D eigenvalue weighted by molar-refractivity contribution is 6.11. The lowest BCUT2D eigenvalue weighted by Gasteiger charge is -2.53. The van der Waals surface area contributed by atoms with Gasteiger partial charge in [0.1, 0.15) is 54.0 Å². The number of benzene rings is 4. The van der Waals surface area contributed by atoms with Crippen molar-refractivity contribution in [1.29, 1.82) is 0 Å². The number of hydrazone groups is 2. The molecular formula is C50H58ClF2N9O6. The summed E-state index contributed by atoms with van der Waals surface area (Å²) in [5, 5.41) is 8.34. The summed E-state index contributed by atoms with van der Waals surface area (Å²) >= 11 is 0. The topological polar surface area (TPSA) is 144 Å². The van der Waals surface area contributed by atoms with Gasteiger partial charge in [0.15, 0.2) is 11.7 Å². The van der Waals surface area contributed by atoms with Crippen LogP contribution in [-0.2, 0) is 14.3 Å². The quantitative estimate of drug-likeness (QED) is 0.194. The van der Waals surface area contributed by atoms with Crippen molar-refractivity contribution >= 4 is 64.7 Å². The number of fused-ring (bicyclic) bond motifs is 6. The zero-order valence-electron chi connectivity index (χ0n) is 39.8. The fraction of sp³-hybridized carbons (Fsp3) is 0.420. The Kier molecular flexibility index (Phi) is 12.5. The molecule has 0 aromatic heterocycles. The third kappa shape index (κ3) is 8.49. The number of nitrogens with zero attached hydrogens (tertiary/aromatic N) is 7. The van der Waals surface area contributed by atoms with Crippen LogP contribution in [0.2, 0.25) is 0 Å². The van der Waals surface area contributed by atoms with E-state index < -0.39 is 23.2 Å². The molecule has 0 unspecified atom stereocenters. The first kappa shape index (κ1) is 47.9. The molecule has 0 spiro atoms. The number of halogens is 3. The van der Waals surface area contributed by atoms with Gasteiger partial charge < -0.3 is 38.7 Å². The van der Waals surface area contributed by atoms with Crippen molar-refractivity contribution in [1.82, 2.24) is 15.8 Å². The smallest absolute Gasteiger partial charge is 0.410 e. The van der Waals surface area contributed by atoms with Crippen LogP contribution < -0.4 is 39.9 Å². The number of ether oxygens (including phenoxy) is 3. The molecule has 4 aromatic carbocycles. The second kappa shape index (κ2) is 17.8. The number of hydrogen-bond donors (Lipinski definition) is 2. The van der Waals surface area contributed by atoms with Crippen molar-refractivity contribution < 1.29 is 37.4 Å². The Morgan fingerprint density at radius 2 is 1.15 bits per heavy atom. The van der Waals surface area contributed by atoms with Crippen molar-refractivity contribution in [2.75, 3.05) is 60.0 Å². The lowest BCUT2D eigenvalue weighted by Crippen LogP contribution is -2.69. The maximum Gasteiger partial charge on any atom is 0.410 e. The van der Waals surface area contributed by atoms with Gasteiger partial charge in [0.2, 0.25) is 0 Å². The van der Waals surface area contributed by atoms with Gasteiger partial charge in [-0.15, -0.1) is 12.4 Å². The van der Waals surface area contributed by atoms with E-state index >= 15 is 4.39 Å². The van der Waals surface area contributed by atoms with Crippen molar-refractivity contribution in [3.8, 4) is 33.8 Å². The van der Waals surface area contributed by atoms with Gasteiger partial charge in [-0.25, -0.2) is 24.4 Å². The molecule has 360 valence electrons. The average molecular weight is 955 g/mol. The van der Waals surface area contributed by atoms with Crippen LogP contribution in [0, 0.1) is 11.6 Å². The van der Waals surface area contributed by atoms with Gasteiger partial charge in [0.25, 0.3) is 11.8 Å². The maximum absolute atomic E-state index is 15.0. The summed E-state index contributed by atoms with van der Waals surface area (Å²) in [5.74, 6) is 1.43. The Labute approximate surface area is 401 Å². The molecule has 2 N–H and O–H groups in total. The predicted molar refractivity (Wildman–Crippen MR) is 262 cm³/mol. The molecule has 2 fully saturated rings. The summed E-state index contributed by atoms with van der Waals surface area (Å²) in [6.07, 6.45) is 3.00. The molecule has 3 amide bonds. The van der Waals surface area contributed by atoms with Gasteiger partial charge in [-0.2, -0.15) is 10.2 Å². The highest BCUT2D eigenvalue weighted by Gasteiger charge is 2.47. The zero-order valence-corrected chi connectivity index (χ0v) is 40.6. The van der Waals surface area contributed by atoms with E-state index in [2.05, 4.69) is 51.7 Å². The van der Waals surface area contributed by atoms with Crippen LogP contribution in [0.1, 0.15) is 67.7 Å². The maximum atomic E-state index is 15.0. The number of amidine groups is 2. The second-order valence-corrected chi connectivity index (χ2v) is 19.6. The number of nitrogens with one attached hydrogen (secondary N) is 2. The van der Waals surface area contributed by atoms with Crippen molar-refractivity contribution in [2.24, 2.45) is 10.2 Å². The third-order valence-corrected chi connectivity index (χ3v) is 13.9. The first-order chi connectivity index (χ1) is 31.8. The van der Waals surface area contributed by atoms with E-state index in [-0.39, 0.29) is 60.7 Å². The normalized spacial score (nSPS) is 20.4. The molecule has 0 radical (unpaired) electrons. The highest BCUT2D eigenvalue weighted by Crippen LogP contribution is 2.49. The molecule has 15 nitrogen and oxygen atoms in total. The first-order valence-corrected chi connectivity index (χ1v) is 22.7. The van der Waals surface area contributed by atoms with Crippen molar-refractivity contribution in [3.05, 3.63) is 84.4 Å². The molecular weight excluding hydrogens is 896 g/mol. The summed E-state index contributed by atoms with van der Waals surface area (Å²) in [6, 6.07) is 20.2. The van der Waals surface area contributed by atoms with Gasteiger partial charge in [0.05, 0.1) is 16.9 Å². The molecule has 5 heterocycles.